The quantitative estimate of drug-likeness (QED) is 0.574. The zero-order chi connectivity index (χ0) is 19.8. The first-order valence-electron chi connectivity index (χ1n) is 9.75. The Morgan fingerprint density at radius 2 is 1.86 bits per heavy atom. The summed E-state index contributed by atoms with van der Waals surface area (Å²) in [5, 5.41) is 4.13. The van der Waals surface area contributed by atoms with Gasteiger partial charge in [0.25, 0.3) is 0 Å². The Balaban J connectivity index is 1.37. The highest BCUT2D eigenvalue weighted by molar-refractivity contribution is 5.77. The molecule has 0 atom stereocenters. The number of aromatic nitrogens is 4. The van der Waals surface area contributed by atoms with E-state index in [1.807, 2.05) is 13.0 Å². The molecule has 1 aliphatic heterocycles. The van der Waals surface area contributed by atoms with Gasteiger partial charge in [-0.25, -0.2) is 9.97 Å². The van der Waals surface area contributed by atoms with Gasteiger partial charge in [-0.15, -0.1) is 0 Å². The van der Waals surface area contributed by atoms with Crippen LogP contribution in [-0.4, -0.2) is 50.7 Å². The first-order valence-corrected chi connectivity index (χ1v) is 9.75. The molecule has 1 aliphatic rings. The van der Waals surface area contributed by atoms with Crippen LogP contribution in [0.25, 0.3) is 17.1 Å². The molecule has 3 aromatic heterocycles. The van der Waals surface area contributed by atoms with Gasteiger partial charge < -0.3 is 15.1 Å². The molecule has 2 N–H and O–H groups in total. The number of nitrogens with zero attached hydrogens (tertiary/aromatic N) is 6. The molecule has 0 saturated carbocycles. The second kappa shape index (κ2) is 7.21. The SMILES string of the molecule is Cc1c(-c2occc2N2CCN(Cc3ccccc3)CC2)nc(N)n2ncnc12. The van der Waals surface area contributed by atoms with Crippen LogP contribution in [0.5, 0.6) is 0 Å². The third-order valence-corrected chi connectivity index (χ3v) is 5.50. The molecular formula is C21H23N7O. The monoisotopic (exact) mass is 389 g/mol. The van der Waals surface area contributed by atoms with Crippen molar-refractivity contribution in [1.29, 1.82) is 0 Å². The van der Waals surface area contributed by atoms with E-state index in [0.29, 0.717) is 11.6 Å². The lowest BCUT2D eigenvalue weighted by Crippen LogP contribution is -2.46. The molecule has 4 heterocycles. The van der Waals surface area contributed by atoms with Crippen LogP contribution in [0.1, 0.15) is 11.1 Å². The summed E-state index contributed by atoms with van der Waals surface area (Å²) in [7, 11) is 0. The van der Waals surface area contributed by atoms with Crippen LogP contribution in [0.4, 0.5) is 11.6 Å². The van der Waals surface area contributed by atoms with E-state index in [-0.39, 0.29) is 0 Å². The van der Waals surface area contributed by atoms with Crippen molar-refractivity contribution in [3.05, 3.63) is 60.1 Å². The molecule has 0 aliphatic carbocycles. The number of benzene rings is 1. The molecule has 8 heteroatoms. The molecule has 8 nitrogen and oxygen atoms in total. The molecule has 4 aromatic rings. The maximum Gasteiger partial charge on any atom is 0.223 e. The predicted molar refractivity (Wildman–Crippen MR) is 112 cm³/mol. The van der Waals surface area contributed by atoms with Gasteiger partial charge in [-0.1, -0.05) is 30.3 Å². The average molecular weight is 389 g/mol. The normalized spacial score (nSPS) is 15.3. The van der Waals surface area contributed by atoms with E-state index in [9.17, 15) is 0 Å². The van der Waals surface area contributed by atoms with Crippen molar-refractivity contribution >= 4 is 17.3 Å². The first-order chi connectivity index (χ1) is 14.2. The summed E-state index contributed by atoms with van der Waals surface area (Å²) in [4.78, 5) is 13.7. The van der Waals surface area contributed by atoms with Gasteiger partial charge in [0.2, 0.25) is 5.95 Å². The van der Waals surface area contributed by atoms with Gasteiger partial charge in [0.15, 0.2) is 11.4 Å². The van der Waals surface area contributed by atoms with Crippen LogP contribution >= 0.6 is 0 Å². The van der Waals surface area contributed by atoms with Gasteiger partial charge in [-0.3, -0.25) is 4.90 Å². The van der Waals surface area contributed by atoms with Crippen molar-refractivity contribution in [2.75, 3.05) is 36.8 Å². The Hall–Kier alpha value is -3.39. The standard InChI is InChI=1S/C21H23N7O/c1-15-18(25-21(22)28-20(15)23-14-24-28)19-17(7-12-29-19)27-10-8-26(9-11-27)13-16-5-3-2-4-6-16/h2-7,12,14H,8-11,13H2,1H3,(H2,22,25). The van der Waals surface area contributed by atoms with E-state index < -0.39 is 0 Å². The first kappa shape index (κ1) is 17.7. The number of aryl methyl sites for hydroxylation is 1. The Morgan fingerprint density at radius 3 is 2.66 bits per heavy atom. The number of piperazine rings is 1. The molecular weight excluding hydrogens is 366 g/mol. The Bertz CT molecular complexity index is 1130. The van der Waals surface area contributed by atoms with Crippen LogP contribution in [0.15, 0.2) is 53.4 Å². The summed E-state index contributed by atoms with van der Waals surface area (Å²) in [6.45, 7) is 6.81. The molecule has 29 heavy (non-hydrogen) atoms. The number of nitrogens with two attached hydrogens (primary N) is 1. The predicted octanol–water partition coefficient (Wildman–Crippen LogP) is 2.60. The summed E-state index contributed by atoms with van der Waals surface area (Å²) in [6.07, 6.45) is 3.20. The van der Waals surface area contributed by atoms with Crippen LogP contribution in [0.3, 0.4) is 0 Å². The van der Waals surface area contributed by atoms with Crippen LogP contribution in [0.2, 0.25) is 0 Å². The van der Waals surface area contributed by atoms with Crippen molar-refractivity contribution < 1.29 is 4.42 Å². The van der Waals surface area contributed by atoms with E-state index in [1.165, 1.54) is 11.9 Å². The highest BCUT2D eigenvalue weighted by Crippen LogP contribution is 2.35. The zero-order valence-electron chi connectivity index (χ0n) is 16.3. The molecule has 1 aromatic carbocycles. The van der Waals surface area contributed by atoms with Gasteiger partial charge in [0.05, 0.1) is 12.0 Å². The molecule has 0 amide bonds. The molecule has 0 radical (unpaired) electrons. The second-order valence-corrected chi connectivity index (χ2v) is 7.32. The topological polar surface area (TPSA) is 88.7 Å². The molecule has 0 spiro atoms. The summed E-state index contributed by atoms with van der Waals surface area (Å²) in [5.74, 6) is 1.03. The minimum absolute atomic E-state index is 0.299. The van der Waals surface area contributed by atoms with E-state index in [0.717, 1.165) is 55.4 Å². The fraction of sp³-hybridized carbons (Fsp3) is 0.286. The van der Waals surface area contributed by atoms with Gasteiger partial charge >= 0.3 is 0 Å². The highest BCUT2D eigenvalue weighted by Gasteiger charge is 2.24. The van der Waals surface area contributed by atoms with Gasteiger partial charge in [0.1, 0.15) is 12.0 Å². The minimum atomic E-state index is 0.299. The van der Waals surface area contributed by atoms with E-state index in [1.54, 1.807) is 10.8 Å². The Morgan fingerprint density at radius 1 is 1.07 bits per heavy atom. The molecule has 1 saturated heterocycles. The summed E-state index contributed by atoms with van der Waals surface area (Å²) in [6, 6.07) is 12.6. The number of nitrogen functional groups attached to an aromatic ring is 1. The number of furan rings is 1. The van der Waals surface area contributed by atoms with Crippen molar-refractivity contribution in [3.63, 3.8) is 0 Å². The van der Waals surface area contributed by atoms with E-state index in [2.05, 4.69) is 55.2 Å². The fourth-order valence-electron chi connectivity index (χ4n) is 3.95. The van der Waals surface area contributed by atoms with Crippen LogP contribution < -0.4 is 10.6 Å². The maximum atomic E-state index is 6.08. The molecule has 5 rings (SSSR count). The fourth-order valence-corrected chi connectivity index (χ4v) is 3.95. The third-order valence-electron chi connectivity index (χ3n) is 5.50. The highest BCUT2D eigenvalue weighted by atomic mass is 16.3. The largest absolute Gasteiger partial charge is 0.460 e. The third kappa shape index (κ3) is 3.21. The van der Waals surface area contributed by atoms with Gasteiger partial charge in [0, 0.05) is 44.4 Å². The lowest BCUT2D eigenvalue weighted by molar-refractivity contribution is 0.250. The van der Waals surface area contributed by atoms with Crippen molar-refractivity contribution in [2.24, 2.45) is 0 Å². The number of hydrogen-bond donors (Lipinski definition) is 1. The van der Waals surface area contributed by atoms with Crippen molar-refractivity contribution in [1.82, 2.24) is 24.5 Å². The van der Waals surface area contributed by atoms with Gasteiger partial charge in [-0.05, 0) is 12.5 Å². The van der Waals surface area contributed by atoms with E-state index >= 15 is 0 Å². The summed E-state index contributed by atoms with van der Waals surface area (Å²) >= 11 is 0. The number of fused-ring (bicyclic) bond motifs is 1. The van der Waals surface area contributed by atoms with Crippen molar-refractivity contribution in [2.45, 2.75) is 13.5 Å². The van der Waals surface area contributed by atoms with Crippen LogP contribution in [-0.2, 0) is 6.54 Å². The summed E-state index contributed by atoms with van der Waals surface area (Å²) in [5.41, 5.74) is 10.8. The summed E-state index contributed by atoms with van der Waals surface area (Å²) < 4.78 is 7.40. The number of hydrogen-bond acceptors (Lipinski definition) is 7. The average Bonchev–Trinajstić information content (AvgIpc) is 3.42. The number of anilines is 2. The smallest absolute Gasteiger partial charge is 0.223 e. The van der Waals surface area contributed by atoms with Crippen LogP contribution in [0, 0.1) is 6.92 Å². The minimum Gasteiger partial charge on any atom is -0.460 e. The lowest BCUT2D eigenvalue weighted by atomic mass is 10.1. The Labute approximate surface area is 168 Å². The molecule has 0 unspecified atom stereocenters. The number of rotatable bonds is 4. The van der Waals surface area contributed by atoms with Gasteiger partial charge in [-0.2, -0.15) is 9.61 Å². The molecule has 148 valence electrons. The molecule has 1 fully saturated rings. The molecule has 0 bridgehead atoms. The van der Waals surface area contributed by atoms with Crippen molar-refractivity contribution in [3.8, 4) is 11.5 Å². The Kier molecular flexibility index (Phi) is 4.40. The zero-order valence-corrected chi connectivity index (χ0v) is 16.3. The maximum absolute atomic E-state index is 6.08. The van der Waals surface area contributed by atoms with E-state index in [4.69, 9.17) is 10.2 Å². The lowest BCUT2D eigenvalue weighted by Gasteiger charge is -2.35. The second-order valence-electron chi connectivity index (χ2n) is 7.32.